The van der Waals surface area contributed by atoms with Crippen LogP contribution in [0.1, 0.15) is 37.2 Å². The van der Waals surface area contributed by atoms with Crippen molar-refractivity contribution >= 4 is 0 Å². The highest BCUT2D eigenvalue weighted by molar-refractivity contribution is 5.37. The highest BCUT2D eigenvalue weighted by atomic mass is 16.5. The lowest BCUT2D eigenvalue weighted by atomic mass is 9.93. The van der Waals surface area contributed by atoms with Crippen LogP contribution in [-0.2, 0) is 4.74 Å². The third-order valence-corrected chi connectivity index (χ3v) is 4.45. The molecule has 3 unspecified atom stereocenters. The third-order valence-electron chi connectivity index (χ3n) is 4.45. The standard InChI is InChI=1S/C16H23NO2/c1-18-14-7-6-13(10-14)17-11-12-8-9-19-16-5-3-2-4-15(12)16/h2-5,12-14,17H,6-11H2,1H3. The van der Waals surface area contributed by atoms with Crippen LogP contribution in [0, 0.1) is 0 Å². The van der Waals surface area contributed by atoms with Crippen LogP contribution in [0.4, 0.5) is 0 Å². The lowest BCUT2D eigenvalue weighted by Crippen LogP contribution is -2.33. The lowest BCUT2D eigenvalue weighted by molar-refractivity contribution is 0.107. The van der Waals surface area contributed by atoms with E-state index < -0.39 is 0 Å². The zero-order chi connectivity index (χ0) is 13.1. The number of fused-ring (bicyclic) bond motifs is 1. The summed E-state index contributed by atoms with van der Waals surface area (Å²) in [5.74, 6) is 1.66. The topological polar surface area (TPSA) is 30.5 Å². The average Bonchev–Trinajstić information content (AvgIpc) is 2.93. The summed E-state index contributed by atoms with van der Waals surface area (Å²) in [6, 6.07) is 9.07. The second kappa shape index (κ2) is 5.93. The Hall–Kier alpha value is -1.06. The maximum atomic E-state index is 5.71. The number of para-hydroxylation sites is 1. The van der Waals surface area contributed by atoms with Crippen molar-refractivity contribution in [1.82, 2.24) is 5.32 Å². The number of methoxy groups -OCH3 is 1. The normalized spacial score (nSPS) is 29.8. The number of benzene rings is 1. The predicted octanol–water partition coefficient (Wildman–Crippen LogP) is 2.71. The molecule has 1 aromatic carbocycles. The Kier molecular flexibility index (Phi) is 4.04. The van der Waals surface area contributed by atoms with Crippen molar-refractivity contribution in [1.29, 1.82) is 0 Å². The van der Waals surface area contributed by atoms with Crippen molar-refractivity contribution in [3.8, 4) is 5.75 Å². The van der Waals surface area contributed by atoms with Gasteiger partial charge in [0.25, 0.3) is 0 Å². The first-order valence-electron chi connectivity index (χ1n) is 7.34. The summed E-state index contributed by atoms with van der Waals surface area (Å²) < 4.78 is 11.1. The van der Waals surface area contributed by atoms with E-state index in [9.17, 15) is 0 Å². The minimum absolute atomic E-state index is 0.458. The second-order valence-electron chi connectivity index (χ2n) is 5.65. The summed E-state index contributed by atoms with van der Waals surface area (Å²) in [5, 5.41) is 3.72. The molecular weight excluding hydrogens is 238 g/mol. The molecule has 1 aliphatic heterocycles. The van der Waals surface area contributed by atoms with Crippen molar-refractivity contribution < 1.29 is 9.47 Å². The number of nitrogens with one attached hydrogen (secondary N) is 1. The van der Waals surface area contributed by atoms with Gasteiger partial charge >= 0.3 is 0 Å². The first kappa shape index (κ1) is 12.9. The molecular formula is C16H23NO2. The van der Waals surface area contributed by atoms with E-state index in [-0.39, 0.29) is 0 Å². The molecule has 0 aromatic heterocycles. The third kappa shape index (κ3) is 2.93. The van der Waals surface area contributed by atoms with Gasteiger partial charge in [0.2, 0.25) is 0 Å². The minimum atomic E-state index is 0.458. The van der Waals surface area contributed by atoms with E-state index >= 15 is 0 Å². The Morgan fingerprint density at radius 2 is 2.16 bits per heavy atom. The molecule has 0 radical (unpaired) electrons. The highest BCUT2D eigenvalue weighted by Crippen LogP contribution is 2.33. The van der Waals surface area contributed by atoms with E-state index in [1.54, 1.807) is 0 Å². The molecule has 19 heavy (non-hydrogen) atoms. The lowest BCUT2D eigenvalue weighted by Gasteiger charge is -2.27. The predicted molar refractivity (Wildman–Crippen MR) is 75.7 cm³/mol. The van der Waals surface area contributed by atoms with Gasteiger partial charge in [-0.2, -0.15) is 0 Å². The zero-order valence-corrected chi connectivity index (χ0v) is 11.6. The molecule has 0 saturated heterocycles. The van der Waals surface area contributed by atoms with Gasteiger partial charge in [-0.1, -0.05) is 18.2 Å². The molecule has 1 saturated carbocycles. The molecule has 3 heteroatoms. The summed E-state index contributed by atoms with van der Waals surface area (Å²) in [6.45, 7) is 1.90. The van der Waals surface area contributed by atoms with Gasteiger partial charge in [-0.3, -0.25) is 0 Å². The molecule has 1 fully saturated rings. The maximum absolute atomic E-state index is 5.71. The van der Waals surface area contributed by atoms with E-state index in [4.69, 9.17) is 9.47 Å². The van der Waals surface area contributed by atoms with Gasteiger partial charge in [-0.25, -0.2) is 0 Å². The molecule has 3 rings (SSSR count). The smallest absolute Gasteiger partial charge is 0.122 e. The fraction of sp³-hybridized carbons (Fsp3) is 0.625. The van der Waals surface area contributed by atoms with Gasteiger partial charge in [0.15, 0.2) is 0 Å². The van der Waals surface area contributed by atoms with Crippen molar-refractivity contribution in [3.63, 3.8) is 0 Å². The Morgan fingerprint density at radius 1 is 1.26 bits per heavy atom. The number of ether oxygens (including phenoxy) is 2. The van der Waals surface area contributed by atoms with Crippen molar-refractivity contribution in [3.05, 3.63) is 29.8 Å². The quantitative estimate of drug-likeness (QED) is 0.904. The van der Waals surface area contributed by atoms with E-state index in [0.717, 1.165) is 31.7 Å². The van der Waals surface area contributed by atoms with Crippen molar-refractivity contribution in [2.75, 3.05) is 20.3 Å². The molecule has 1 N–H and O–H groups in total. The van der Waals surface area contributed by atoms with Gasteiger partial charge in [0.1, 0.15) is 5.75 Å². The van der Waals surface area contributed by atoms with Crippen LogP contribution in [0.5, 0.6) is 5.75 Å². The van der Waals surface area contributed by atoms with Crippen LogP contribution < -0.4 is 10.1 Å². The number of hydrogen-bond acceptors (Lipinski definition) is 3. The van der Waals surface area contributed by atoms with Gasteiger partial charge in [-0.05, 0) is 37.3 Å². The Morgan fingerprint density at radius 3 is 3.00 bits per heavy atom. The average molecular weight is 261 g/mol. The first-order chi connectivity index (χ1) is 9.36. The van der Waals surface area contributed by atoms with E-state index in [0.29, 0.717) is 18.1 Å². The first-order valence-corrected chi connectivity index (χ1v) is 7.34. The molecule has 1 aromatic rings. The summed E-state index contributed by atoms with van der Waals surface area (Å²) in [4.78, 5) is 0. The molecule has 0 spiro atoms. The Bertz CT molecular complexity index is 421. The summed E-state index contributed by atoms with van der Waals surface area (Å²) in [6.07, 6.45) is 5.16. The summed E-state index contributed by atoms with van der Waals surface area (Å²) in [5.41, 5.74) is 1.36. The molecule has 1 aliphatic carbocycles. The van der Waals surface area contributed by atoms with Gasteiger partial charge in [0, 0.05) is 25.6 Å². The zero-order valence-electron chi connectivity index (χ0n) is 11.6. The molecule has 0 bridgehead atoms. The van der Waals surface area contributed by atoms with Crippen LogP contribution in [0.15, 0.2) is 24.3 Å². The SMILES string of the molecule is COC1CCC(NCC2CCOc3ccccc32)C1. The monoisotopic (exact) mass is 261 g/mol. The molecule has 0 amide bonds. The fourth-order valence-electron chi connectivity index (χ4n) is 3.28. The second-order valence-corrected chi connectivity index (χ2v) is 5.65. The minimum Gasteiger partial charge on any atom is -0.493 e. The number of hydrogen-bond donors (Lipinski definition) is 1. The molecule has 3 nitrogen and oxygen atoms in total. The van der Waals surface area contributed by atoms with Crippen molar-refractivity contribution in [2.45, 2.75) is 43.7 Å². The van der Waals surface area contributed by atoms with Gasteiger partial charge < -0.3 is 14.8 Å². The largest absolute Gasteiger partial charge is 0.493 e. The van der Waals surface area contributed by atoms with Crippen LogP contribution in [0.3, 0.4) is 0 Å². The van der Waals surface area contributed by atoms with Gasteiger partial charge in [0.05, 0.1) is 12.7 Å². The molecule has 2 aliphatic rings. The molecule has 104 valence electrons. The fourth-order valence-corrected chi connectivity index (χ4v) is 3.28. The van der Waals surface area contributed by atoms with E-state index in [1.165, 1.54) is 18.4 Å². The number of rotatable bonds is 4. The van der Waals surface area contributed by atoms with Gasteiger partial charge in [-0.15, -0.1) is 0 Å². The highest BCUT2D eigenvalue weighted by Gasteiger charge is 2.26. The summed E-state index contributed by atoms with van der Waals surface area (Å²) in [7, 11) is 1.82. The Balaban J connectivity index is 1.57. The van der Waals surface area contributed by atoms with E-state index in [2.05, 4.69) is 29.6 Å². The molecule has 3 atom stereocenters. The van der Waals surface area contributed by atoms with Crippen LogP contribution in [-0.4, -0.2) is 32.4 Å². The van der Waals surface area contributed by atoms with Crippen LogP contribution in [0.2, 0.25) is 0 Å². The van der Waals surface area contributed by atoms with Crippen molar-refractivity contribution in [2.24, 2.45) is 0 Å². The van der Waals surface area contributed by atoms with Crippen LogP contribution in [0.25, 0.3) is 0 Å². The Labute approximate surface area is 115 Å². The molecule has 1 heterocycles. The van der Waals surface area contributed by atoms with E-state index in [1.807, 2.05) is 7.11 Å². The maximum Gasteiger partial charge on any atom is 0.122 e. The van der Waals surface area contributed by atoms with Crippen LogP contribution >= 0.6 is 0 Å². The summed E-state index contributed by atoms with van der Waals surface area (Å²) >= 11 is 0.